The molecule has 4 rings (SSSR count). The van der Waals surface area contributed by atoms with Crippen LogP contribution in [0.3, 0.4) is 0 Å². The number of amides is 1. The van der Waals surface area contributed by atoms with Crippen molar-refractivity contribution in [2.75, 3.05) is 5.32 Å². The van der Waals surface area contributed by atoms with E-state index in [-0.39, 0.29) is 11.3 Å². The van der Waals surface area contributed by atoms with Gasteiger partial charge in [0.1, 0.15) is 0 Å². The summed E-state index contributed by atoms with van der Waals surface area (Å²) in [5.74, 6) is 0.123. The Balaban J connectivity index is 1.73. The Morgan fingerprint density at radius 2 is 1.92 bits per heavy atom. The fourth-order valence-corrected chi connectivity index (χ4v) is 4.46. The molecule has 0 spiro atoms. The molecule has 0 unspecified atom stereocenters. The van der Waals surface area contributed by atoms with E-state index < -0.39 is 0 Å². The maximum atomic E-state index is 12.3. The first-order chi connectivity index (χ1) is 11.4. The molecule has 24 heavy (non-hydrogen) atoms. The van der Waals surface area contributed by atoms with Gasteiger partial charge in [0.2, 0.25) is 5.91 Å². The molecule has 0 radical (unpaired) electrons. The van der Waals surface area contributed by atoms with Crippen molar-refractivity contribution < 1.29 is 4.79 Å². The lowest BCUT2D eigenvalue weighted by Crippen LogP contribution is -2.19. The van der Waals surface area contributed by atoms with Gasteiger partial charge in [-0.15, -0.1) is 0 Å². The van der Waals surface area contributed by atoms with Gasteiger partial charge in [0.15, 0.2) is 0 Å². The highest BCUT2D eigenvalue weighted by molar-refractivity contribution is 5.97. The van der Waals surface area contributed by atoms with Crippen LogP contribution < -0.4 is 5.32 Å². The zero-order valence-electron chi connectivity index (χ0n) is 15.2. The van der Waals surface area contributed by atoms with Gasteiger partial charge in [-0.25, -0.2) is 0 Å². The monoisotopic (exact) mass is 324 g/mol. The standard InChI is InChI=1S/C21H28N2O/c1-21(2,3)13-19(24)22-15-11-14-9-10-23-18-8-6-4-5-7-16(18)17(12-15)20(14)23/h11-12H,4-10,13H2,1-3H3,(H,22,24). The molecule has 2 aliphatic rings. The van der Waals surface area contributed by atoms with Crippen LogP contribution in [0.25, 0.3) is 10.9 Å². The molecule has 1 aromatic carbocycles. The van der Waals surface area contributed by atoms with Crippen molar-refractivity contribution in [1.82, 2.24) is 4.57 Å². The van der Waals surface area contributed by atoms with Crippen LogP contribution >= 0.6 is 0 Å². The van der Waals surface area contributed by atoms with E-state index in [2.05, 4.69) is 42.8 Å². The number of nitrogens with one attached hydrogen (secondary N) is 1. The first kappa shape index (κ1) is 15.7. The fourth-order valence-electron chi connectivity index (χ4n) is 4.46. The van der Waals surface area contributed by atoms with Gasteiger partial charge in [0.25, 0.3) is 0 Å². The van der Waals surface area contributed by atoms with Crippen LogP contribution in [0, 0.1) is 5.41 Å². The lowest BCUT2D eigenvalue weighted by molar-refractivity contribution is -0.117. The zero-order chi connectivity index (χ0) is 16.9. The largest absolute Gasteiger partial charge is 0.344 e. The Kier molecular flexibility index (Phi) is 3.70. The molecule has 1 aliphatic heterocycles. The highest BCUT2D eigenvalue weighted by atomic mass is 16.1. The van der Waals surface area contributed by atoms with Crippen molar-refractivity contribution in [2.45, 2.75) is 72.3 Å². The minimum Gasteiger partial charge on any atom is -0.344 e. The number of aromatic nitrogens is 1. The van der Waals surface area contributed by atoms with Crippen LogP contribution in [0.15, 0.2) is 12.1 Å². The van der Waals surface area contributed by atoms with Gasteiger partial charge in [-0.2, -0.15) is 0 Å². The molecule has 1 aliphatic carbocycles. The summed E-state index contributed by atoms with van der Waals surface area (Å²) in [6.45, 7) is 7.43. The summed E-state index contributed by atoms with van der Waals surface area (Å²) < 4.78 is 2.56. The van der Waals surface area contributed by atoms with Crippen LogP contribution in [-0.2, 0) is 30.6 Å². The minimum atomic E-state index is 0.0192. The number of rotatable bonds is 2. The van der Waals surface area contributed by atoms with Crippen LogP contribution in [0.1, 0.15) is 63.3 Å². The highest BCUT2D eigenvalue weighted by Gasteiger charge is 2.25. The second-order valence-electron chi connectivity index (χ2n) is 8.70. The van der Waals surface area contributed by atoms with Crippen molar-refractivity contribution in [3.8, 4) is 0 Å². The molecule has 1 amide bonds. The number of nitrogens with zero attached hydrogens (tertiary/aromatic N) is 1. The second-order valence-corrected chi connectivity index (χ2v) is 8.70. The molecular weight excluding hydrogens is 296 g/mol. The molecule has 0 atom stereocenters. The van der Waals surface area contributed by atoms with E-state index in [1.165, 1.54) is 48.6 Å². The van der Waals surface area contributed by atoms with Crippen LogP contribution in [-0.4, -0.2) is 10.5 Å². The van der Waals surface area contributed by atoms with Crippen molar-refractivity contribution >= 4 is 22.5 Å². The van der Waals surface area contributed by atoms with Gasteiger partial charge in [-0.3, -0.25) is 4.79 Å². The predicted molar refractivity (Wildman–Crippen MR) is 99.6 cm³/mol. The zero-order valence-corrected chi connectivity index (χ0v) is 15.2. The lowest BCUT2D eigenvalue weighted by atomic mass is 9.92. The quantitative estimate of drug-likeness (QED) is 0.788. The molecule has 2 aromatic rings. The normalized spacial score (nSPS) is 17.0. The average Bonchev–Trinajstić information content (AvgIpc) is 2.91. The summed E-state index contributed by atoms with van der Waals surface area (Å²) in [6, 6.07) is 4.43. The summed E-state index contributed by atoms with van der Waals surface area (Å²) in [5, 5.41) is 4.55. The molecule has 1 N–H and O–H groups in total. The van der Waals surface area contributed by atoms with E-state index in [1.54, 1.807) is 11.3 Å². The third-order valence-electron chi connectivity index (χ3n) is 5.38. The van der Waals surface area contributed by atoms with Crippen molar-refractivity contribution in [3.63, 3.8) is 0 Å². The second kappa shape index (κ2) is 5.65. The fraction of sp³-hybridized carbons (Fsp3) is 0.571. The number of aryl methyl sites for hydroxylation is 3. The Labute approximate surface area is 144 Å². The average molecular weight is 324 g/mol. The summed E-state index contributed by atoms with van der Waals surface area (Å²) in [7, 11) is 0. The summed E-state index contributed by atoms with van der Waals surface area (Å²) in [5.41, 5.74) is 6.97. The summed E-state index contributed by atoms with van der Waals surface area (Å²) in [4.78, 5) is 12.3. The number of hydrogen-bond donors (Lipinski definition) is 1. The SMILES string of the molecule is CC(C)(C)CC(=O)Nc1cc2c3c(c1)c1c(n3CC2)CCCCC1. The number of carbonyl (C=O) groups excluding carboxylic acids is 1. The molecule has 3 nitrogen and oxygen atoms in total. The van der Waals surface area contributed by atoms with Gasteiger partial charge < -0.3 is 9.88 Å². The van der Waals surface area contributed by atoms with Crippen molar-refractivity contribution in [2.24, 2.45) is 5.41 Å². The number of anilines is 1. The smallest absolute Gasteiger partial charge is 0.224 e. The first-order valence-electron chi connectivity index (χ1n) is 9.39. The van der Waals surface area contributed by atoms with Gasteiger partial charge in [-0.1, -0.05) is 27.2 Å². The van der Waals surface area contributed by atoms with Gasteiger partial charge in [0.05, 0.1) is 5.52 Å². The van der Waals surface area contributed by atoms with E-state index in [9.17, 15) is 4.79 Å². The topological polar surface area (TPSA) is 34.0 Å². The Morgan fingerprint density at radius 1 is 1.12 bits per heavy atom. The van der Waals surface area contributed by atoms with Crippen LogP contribution in [0.4, 0.5) is 5.69 Å². The molecule has 0 bridgehead atoms. The molecule has 3 heteroatoms. The maximum Gasteiger partial charge on any atom is 0.224 e. The Hall–Kier alpha value is -1.77. The maximum absolute atomic E-state index is 12.3. The van der Waals surface area contributed by atoms with Gasteiger partial charge >= 0.3 is 0 Å². The molecule has 0 fully saturated rings. The third kappa shape index (κ3) is 2.74. The van der Waals surface area contributed by atoms with E-state index in [0.717, 1.165) is 18.7 Å². The molecule has 2 heterocycles. The predicted octanol–water partition coefficient (Wildman–Crippen LogP) is 4.84. The van der Waals surface area contributed by atoms with E-state index >= 15 is 0 Å². The Morgan fingerprint density at radius 3 is 2.71 bits per heavy atom. The van der Waals surface area contributed by atoms with E-state index in [4.69, 9.17) is 0 Å². The molecular formula is C21H28N2O. The molecule has 0 saturated heterocycles. The lowest BCUT2D eigenvalue weighted by Gasteiger charge is -2.17. The molecule has 0 saturated carbocycles. The summed E-state index contributed by atoms with van der Waals surface area (Å²) in [6.07, 6.45) is 8.01. The number of benzene rings is 1. The summed E-state index contributed by atoms with van der Waals surface area (Å²) >= 11 is 0. The van der Waals surface area contributed by atoms with Gasteiger partial charge in [-0.05, 0) is 60.8 Å². The van der Waals surface area contributed by atoms with Crippen LogP contribution in [0.2, 0.25) is 0 Å². The number of hydrogen-bond acceptors (Lipinski definition) is 1. The minimum absolute atomic E-state index is 0.0192. The third-order valence-corrected chi connectivity index (χ3v) is 5.38. The molecule has 1 aromatic heterocycles. The Bertz CT molecular complexity index is 808. The van der Waals surface area contributed by atoms with E-state index in [0.29, 0.717) is 6.42 Å². The van der Waals surface area contributed by atoms with Crippen LogP contribution in [0.5, 0.6) is 0 Å². The number of fused-ring (bicyclic) bond motifs is 3. The first-order valence-corrected chi connectivity index (χ1v) is 9.39. The van der Waals surface area contributed by atoms with Crippen molar-refractivity contribution in [3.05, 3.63) is 29.0 Å². The highest BCUT2D eigenvalue weighted by Crippen LogP contribution is 2.38. The molecule has 128 valence electrons. The van der Waals surface area contributed by atoms with E-state index in [1.807, 2.05) is 0 Å². The van der Waals surface area contributed by atoms with Gasteiger partial charge in [0, 0.05) is 29.7 Å². The number of carbonyl (C=O) groups is 1. The van der Waals surface area contributed by atoms with Crippen molar-refractivity contribution in [1.29, 1.82) is 0 Å².